The molecule has 0 radical (unpaired) electrons. The van der Waals surface area contributed by atoms with Crippen molar-refractivity contribution in [3.05, 3.63) is 140 Å². The zero-order chi connectivity index (χ0) is 26.2. The third kappa shape index (κ3) is 2.92. The molecule has 9 rings (SSSR count). The number of hydrogen-bond acceptors (Lipinski definition) is 1. The predicted octanol–water partition coefficient (Wildman–Crippen LogP) is 9.58. The third-order valence-electron chi connectivity index (χ3n) is 8.36. The number of pyridine rings is 1. The minimum Gasteiger partial charge on any atom is -0.309 e. The van der Waals surface area contributed by atoms with Crippen LogP contribution in [-0.4, -0.2) is 14.1 Å². The maximum atomic E-state index is 4.37. The highest BCUT2D eigenvalue weighted by atomic mass is 15.0. The van der Waals surface area contributed by atoms with Gasteiger partial charge >= 0.3 is 0 Å². The Morgan fingerprint density at radius 1 is 0.400 bits per heavy atom. The molecule has 40 heavy (non-hydrogen) atoms. The van der Waals surface area contributed by atoms with Crippen LogP contribution in [0, 0.1) is 0 Å². The van der Waals surface area contributed by atoms with E-state index in [1.807, 2.05) is 12.4 Å². The maximum absolute atomic E-state index is 4.37. The van der Waals surface area contributed by atoms with Crippen LogP contribution < -0.4 is 0 Å². The van der Waals surface area contributed by atoms with Crippen molar-refractivity contribution in [2.24, 2.45) is 0 Å². The average Bonchev–Trinajstić information content (AvgIpc) is 3.51. The summed E-state index contributed by atoms with van der Waals surface area (Å²) in [5, 5.41) is 9.84. The van der Waals surface area contributed by atoms with Crippen molar-refractivity contribution < 1.29 is 0 Å². The summed E-state index contributed by atoms with van der Waals surface area (Å²) in [5.74, 6) is 0. The first-order valence-corrected chi connectivity index (χ1v) is 13.6. The Kier molecular flexibility index (Phi) is 4.33. The molecule has 0 unspecified atom stereocenters. The van der Waals surface area contributed by atoms with Crippen molar-refractivity contribution in [3.63, 3.8) is 0 Å². The Morgan fingerprint density at radius 3 is 1.85 bits per heavy atom. The number of para-hydroxylation sites is 2. The molecular weight excluding hydrogens is 486 g/mol. The number of hydrogen-bond donors (Lipinski definition) is 0. The van der Waals surface area contributed by atoms with Crippen molar-refractivity contribution in [1.29, 1.82) is 0 Å². The molecule has 3 heteroatoms. The molecule has 0 saturated carbocycles. The van der Waals surface area contributed by atoms with Crippen LogP contribution in [0.1, 0.15) is 0 Å². The van der Waals surface area contributed by atoms with Crippen LogP contribution in [0.2, 0.25) is 0 Å². The van der Waals surface area contributed by atoms with E-state index in [1.165, 1.54) is 71.1 Å². The molecule has 0 aliphatic heterocycles. The molecule has 3 aromatic heterocycles. The summed E-state index contributed by atoms with van der Waals surface area (Å²) in [7, 11) is 0. The second-order valence-corrected chi connectivity index (χ2v) is 10.5. The highest BCUT2D eigenvalue weighted by Crippen LogP contribution is 2.40. The molecule has 3 nitrogen and oxygen atoms in total. The third-order valence-corrected chi connectivity index (χ3v) is 8.36. The lowest BCUT2D eigenvalue weighted by Crippen LogP contribution is -1.96. The Bertz CT molecular complexity index is 2440. The molecule has 6 aromatic carbocycles. The van der Waals surface area contributed by atoms with E-state index in [9.17, 15) is 0 Å². The molecule has 0 atom stereocenters. The lowest BCUT2D eigenvalue weighted by molar-refractivity contribution is 1.18. The zero-order valence-corrected chi connectivity index (χ0v) is 21.6. The molecule has 0 N–H and O–H groups in total. The van der Waals surface area contributed by atoms with Crippen molar-refractivity contribution in [2.75, 3.05) is 0 Å². The summed E-state index contributed by atoms with van der Waals surface area (Å²) < 4.78 is 4.85. The summed E-state index contributed by atoms with van der Waals surface area (Å²) in [6.07, 6.45) is 3.83. The van der Waals surface area contributed by atoms with Gasteiger partial charge in [0.05, 0.1) is 27.8 Å². The SMILES string of the molecule is c1ccc2cc(-n3c4ccccc4c4cc5c(cc43)c3ccccc3n5-c3cccc4cnccc34)ccc2c1. The quantitative estimate of drug-likeness (QED) is 0.227. The fraction of sp³-hybridized carbons (Fsp3) is 0. The van der Waals surface area contributed by atoms with Crippen LogP contribution in [-0.2, 0) is 0 Å². The smallest absolute Gasteiger partial charge is 0.0549 e. The number of rotatable bonds is 2. The summed E-state index contributed by atoms with van der Waals surface area (Å²) in [5.41, 5.74) is 7.19. The average molecular weight is 510 g/mol. The van der Waals surface area contributed by atoms with E-state index in [4.69, 9.17) is 0 Å². The van der Waals surface area contributed by atoms with Gasteiger partial charge in [-0.15, -0.1) is 0 Å². The van der Waals surface area contributed by atoms with E-state index >= 15 is 0 Å². The van der Waals surface area contributed by atoms with Crippen molar-refractivity contribution in [2.45, 2.75) is 0 Å². The Labute approximate surface area is 230 Å². The molecule has 9 aromatic rings. The fourth-order valence-electron chi connectivity index (χ4n) is 6.58. The molecule has 0 spiro atoms. The van der Waals surface area contributed by atoms with Crippen molar-refractivity contribution in [3.8, 4) is 11.4 Å². The summed E-state index contributed by atoms with van der Waals surface area (Å²) in [6.45, 7) is 0. The van der Waals surface area contributed by atoms with Gasteiger partial charge in [0, 0.05) is 50.4 Å². The fourth-order valence-corrected chi connectivity index (χ4v) is 6.58. The van der Waals surface area contributed by atoms with Crippen molar-refractivity contribution in [1.82, 2.24) is 14.1 Å². The minimum atomic E-state index is 1.14. The standard InChI is InChI=1S/C37H23N3/c1-2-9-25-20-27(17-16-24(25)8-1)39-34-13-5-3-11-29(34)31-22-37-32(21-36(31)39)30-12-4-6-14-35(30)40(37)33-15-7-10-26-23-38-19-18-28(26)33/h1-23H. The Balaban J connectivity index is 1.45. The first-order valence-electron chi connectivity index (χ1n) is 13.6. The van der Waals surface area contributed by atoms with Gasteiger partial charge in [-0.1, -0.05) is 78.9 Å². The van der Waals surface area contributed by atoms with Gasteiger partial charge in [-0.05, 0) is 59.3 Å². The topological polar surface area (TPSA) is 22.8 Å². The second kappa shape index (κ2) is 8.05. The monoisotopic (exact) mass is 509 g/mol. The molecular formula is C37H23N3. The number of aromatic nitrogens is 3. The lowest BCUT2D eigenvalue weighted by atomic mass is 10.1. The Hall–Kier alpha value is -5.41. The predicted molar refractivity (Wildman–Crippen MR) is 168 cm³/mol. The molecule has 0 amide bonds. The minimum absolute atomic E-state index is 1.14. The highest BCUT2D eigenvalue weighted by Gasteiger charge is 2.19. The van der Waals surface area contributed by atoms with E-state index in [0.717, 1.165) is 5.39 Å². The van der Waals surface area contributed by atoms with Gasteiger partial charge in [0.25, 0.3) is 0 Å². The first-order chi connectivity index (χ1) is 19.8. The Morgan fingerprint density at radius 2 is 1.05 bits per heavy atom. The van der Waals surface area contributed by atoms with Gasteiger partial charge in [-0.3, -0.25) is 4.98 Å². The van der Waals surface area contributed by atoms with Crippen LogP contribution >= 0.6 is 0 Å². The van der Waals surface area contributed by atoms with Crippen LogP contribution in [0.5, 0.6) is 0 Å². The van der Waals surface area contributed by atoms with Gasteiger partial charge < -0.3 is 9.13 Å². The van der Waals surface area contributed by atoms with E-state index < -0.39 is 0 Å². The molecule has 186 valence electrons. The first kappa shape index (κ1) is 21.5. The molecule has 0 aliphatic rings. The van der Waals surface area contributed by atoms with E-state index in [1.54, 1.807) is 0 Å². The number of benzene rings is 6. The molecule has 0 aliphatic carbocycles. The number of nitrogens with zero attached hydrogens (tertiary/aromatic N) is 3. The zero-order valence-electron chi connectivity index (χ0n) is 21.6. The van der Waals surface area contributed by atoms with Crippen LogP contribution in [0.25, 0.3) is 76.5 Å². The largest absolute Gasteiger partial charge is 0.309 e. The molecule has 3 heterocycles. The molecule has 0 bridgehead atoms. The van der Waals surface area contributed by atoms with Gasteiger partial charge in [0.15, 0.2) is 0 Å². The molecule has 0 fully saturated rings. The summed E-state index contributed by atoms with van der Waals surface area (Å²) >= 11 is 0. The summed E-state index contributed by atoms with van der Waals surface area (Å²) in [4.78, 5) is 4.37. The van der Waals surface area contributed by atoms with E-state index in [2.05, 4.69) is 142 Å². The molecule has 0 saturated heterocycles. The van der Waals surface area contributed by atoms with E-state index in [-0.39, 0.29) is 0 Å². The van der Waals surface area contributed by atoms with Gasteiger partial charge in [0.1, 0.15) is 0 Å². The summed E-state index contributed by atoms with van der Waals surface area (Å²) in [6, 6.07) is 46.3. The highest BCUT2D eigenvalue weighted by molar-refractivity contribution is 6.19. The van der Waals surface area contributed by atoms with Crippen LogP contribution in [0.3, 0.4) is 0 Å². The van der Waals surface area contributed by atoms with Crippen LogP contribution in [0.4, 0.5) is 0 Å². The van der Waals surface area contributed by atoms with E-state index in [0.29, 0.717) is 0 Å². The van der Waals surface area contributed by atoms with Gasteiger partial charge in [-0.25, -0.2) is 0 Å². The number of fused-ring (bicyclic) bond motifs is 8. The maximum Gasteiger partial charge on any atom is 0.0549 e. The normalized spacial score (nSPS) is 12.0. The van der Waals surface area contributed by atoms with Crippen LogP contribution in [0.15, 0.2) is 140 Å². The second-order valence-electron chi connectivity index (χ2n) is 10.5. The van der Waals surface area contributed by atoms with Gasteiger partial charge in [0.2, 0.25) is 0 Å². The lowest BCUT2D eigenvalue weighted by Gasteiger charge is -2.12. The van der Waals surface area contributed by atoms with Crippen molar-refractivity contribution >= 4 is 65.2 Å². The van der Waals surface area contributed by atoms with Gasteiger partial charge in [-0.2, -0.15) is 0 Å².